The van der Waals surface area contributed by atoms with Gasteiger partial charge in [0, 0.05) is 10.6 Å². The number of cyclic esters (lactones) is 1. The third kappa shape index (κ3) is 4.55. The first-order chi connectivity index (χ1) is 15.4. The fourth-order valence-electron chi connectivity index (χ4n) is 3.13. The summed E-state index contributed by atoms with van der Waals surface area (Å²) in [4.78, 5) is 29.1. The third-order valence-electron chi connectivity index (χ3n) is 4.75. The fourth-order valence-corrected chi connectivity index (χ4v) is 3.32. The van der Waals surface area contributed by atoms with Crippen LogP contribution in [0.2, 0.25) is 5.02 Å². The topological polar surface area (TPSA) is 74.2 Å². The van der Waals surface area contributed by atoms with Crippen LogP contribution in [0.3, 0.4) is 0 Å². The second-order valence-electron chi connectivity index (χ2n) is 6.96. The number of rotatable bonds is 5. The molecular weight excluding hydrogens is 430 g/mol. The average molecular weight is 448 g/mol. The molecule has 1 heterocycles. The number of esters is 2. The molecule has 0 amide bonds. The molecule has 0 fully saturated rings. The zero-order chi connectivity index (χ0) is 22.7. The van der Waals surface area contributed by atoms with Crippen LogP contribution in [0.15, 0.2) is 77.4 Å². The summed E-state index contributed by atoms with van der Waals surface area (Å²) >= 11 is 6.00. The van der Waals surface area contributed by atoms with Gasteiger partial charge in [0.2, 0.25) is 5.90 Å². The molecule has 160 valence electrons. The van der Waals surface area contributed by atoms with Crippen molar-refractivity contribution in [1.82, 2.24) is 0 Å². The summed E-state index contributed by atoms with van der Waals surface area (Å²) in [6.45, 7) is 1.84. The van der Waals surface area contributed by atoms with Crippen LogP contribution in [0.4, 0.5) is 0 Å². The van der Waals surface area contributed by atoms with E-state index in [0.29, 0.717) is 27.5 Å². The molecule has 0 spiro atoms. The van der Waals surface area contributed by atoms with E-state index < -0.39 is 11.9 Å². The lowest BCUT2D eigenvalue weighted by Crippen LogP contribution is -2.10. The second kappa shape index (κ2) is 9.08. The molecule has 0 radical (unpaired) electrons. The Morgan fingerprint density at radius 3 is 2.59 bits per heavy atom. The van der Waals surface area contributed by atoms with E-state index in [4.69, 9.17) is 25.8 Å². The standard InChI is InChI=1S/C25H18ClNO5/c1-15-6-3-4-9-19(15)24(28)31-21-11-10-16(13-22(21)30-2)12-20-25(29)32-23(27-20)17-7-5-8-18(26)14-17/h3-14H,1-2H3/b20-12-. The predicted octanol–water partition coefficient (Wildman–Crippen LogP) is 5.22. The molecule has 7 heteroatoms. The highest BCUT2D eigenvalue weighted by Crippen LogP contribution is 2.31. The van der Waals surface area contributed by atoms with Gasteiger partial charge >= 0.3 is 11.9 Å². The number of ether oxygens (including phenoxy) is 3. The van der Waals surface area contributed by atoms with E-state index in [1.165, 1.54) is 7.11 Å². The molecule has 0 N–H and O–H groups in total. The van der Waals surface area contributed by atoms with Gasteiger partial charge in [0.1, 0.15) is 0 Å². The van der Waals surface area contributed by atoms with E-state index in [9.17, 15) is 9.59 Å². The van der Waals surface area contributed by atoms with Crippen LogP contribution >= 0.6 is 11.6 Å². The average Bonchev–Trinajstić information content (AvgIpc) is 3.15. The molecular formula is C25H18ClNO5. The Labute approximate surface area is 189 Å². The Bertz CT molecular complexity index is 1280. The largest absolute Gasteiger partial charge is 0.493 e. The van der Waals surface area contributed by atoms with Crippen LogP contribution in [-0.4, -0.2) is 24.9 Å². The van der Waals surface area contributed by atoms with E-state index in [2.05, 4.69) is 4.99 Å². The van der Waals surface area contributed by atoms with Crippen molar-refractivity contribution in [2.24, 2.45) is 4.99 Å². The third-order valence-corrected chi connectivity index (χ3v) is 4.99. The predicted molar refractivity (Wildman–Crippen MR) is 121 cm³/mol. The van der Waals surface area contributed by atoms with Gasteiger partial charge in [-0.3, -0.25) is 0 Å². The number of hydrogen-bond donors (Lipinski definition) is 0. The molecule has 6 nitrogen and oxygen atoms in total. The number of carbonyl (C=O) groups is 2. The molecule has 1 aliphatic rings. The molecule has 0 aromatic heterocycles. The summed E-state index contributed by atoms with van der Waals surface area (Å²) in [7, 11) is 1.47. The number of carbonyl (C=O) groups excluding carboxylic acids is 2. The van der Waals surface area contributed by atoms with Gasteiger partial charge in [-0.05, 0) is 60.5 Å². The minimum Gasteiger partial charge on any atom is -0.493 e. The van der Waals surface area contributed by atoms with E-state index >= 15 is 0 Å². The fraction of sp³-hybridized carbons (Fsp3) is 0.0800. The lowest BCUT2D eigenvalue weighted by Gasteiger charge is -2.11. The number of benzene rings is 3. The monoisotopic (exact) mass is 447 g/mol. The first kappa shape index (κ1) is 21.3. The van der Waals surface area contributed by atoms with E-state index in [1.54, 1.807) is 60.7 Å². The van der Waals surface area contributed by atoms with Crippen molar-refractivity contribution in [3.05, 3.63) is 99.7 Å². The molecule has 32 heavy (non-hydrogen) atoms. The summed E-state index contributed by atoms with van der Waals surface area (Å²) in [5.41, 5.74) is 2.64. The van der Waals surface area contributed by atoms with Crippen molar-refractivity contribution in [2.75, 3.05) is 7.11 Å². The first-order valence-electron chi connectivity index (χ1n) is 9.69. The van der Waals surface area contributed by atoms with Gasteiger partial charge in [0.15, 0.2) is 17.2 Å². The molecule has 0 saturated heterocycles. The molecule has 4 rings (SSSR count). The van der Waals surface area contributed by atoms with E-state index in [1.807, 2.05) is 19.1 Å². The smallest absolute Gasteiger partial charge is 0.363 e. The number of aliphatic imine (C=N–C) groups is 1. The highest BCUT2D eigenvalue weighted by atomic mass is 35.5. The zero-order valence-electron chi connectivity index (χ0n) is 17.3. The Morgan fingerprint density at radius 2 is 1.84 bits per heavy atom. The zero-order valence-corrected chi connectivity index (χ0v) is 18.1. The minimum atomic E-state index is -0.575. The number of halogens is 1. The van der Waals surface area contributed by atoms with Crippen molar-refractivity contribution < 1.29 is 23.8 Å². The van der Waals surface area contributed by atoms with E-state index in [-0.39, 0.29) is 17.3 Å². The maximum atomic E-state index is 12.5. The van der Waals surface area contributed by atoms with Gasteiger partial charge in [-0.1, -0.05) is 41.9 Å². The quantitative estimate of drug-likeness (QED) is 0.304. The highest BCUT2D eigenvalue weighted by molar-refractivity contribution is 6.31. The Balaban J connectivity index is 1.59. The van der Waals surface area contributed by atoms with Gasteiger partial charge in [-0.15, -0.1) is 0 Å². The molecule has 1 aliphatic heterocycles. The number of methoxy groups -OCH3 is 1. The lowest BCUT2D eigenvalue weighted by molar-refractivity contribution is -0.129. The highest BCUT2D eigenvalue weighted by Gasteiger charge is 2.24. The Kier molecular flexibility index (Phi) is 6.05. The van der Waals surface area contributed by atoms with Crippen molar-refractivity contribution >= 4 is 35.5 Å². The molecule has 0 atom stereocenters. The Hall–Kier alpha value is -3.90. The number of aryl methyl sites for hydroxylation is 1. The van der Waals surface area contributed by atoms with Gasteiger partial charge < -0.3 is 14.2 Å². The molecule has 0 bridgehead atoms. The van der Waals surface area contributed by atoms with Crippen LogP contribution in [0.25, 0.3) is 6.08 Å². The van der Waals surface area contributed by atoms with Crippen molar-refractivity contribution in [3.8, 4) is 11.5 Å². The lowest BCUT2D eigenvalue weighted by atomic mass is 10.1. The summed E-state index contributed by atoms with van der Waals surface area (Å²) in [6.07, 6.45) is 1.56. The van der Waals surface area contributed by atoms with Gasteiger partial charge in [0.05, 0.1) is 12.7 Å². The molecule has 0 unspecified atom stereocenters. The van der Waals surface area contributed by atoms with Crippen molar-refractivity contribution in [3.63, 3.8) is 0 Å². The normalized spacial score (nSPS) is 14.2. The van der Waals surface area contributed by atoms with Gasteiger partial charge in [0.25, 0.3) is 0 Å². The number of hydrogen-bond acceptors (Lipinski definition) is 6. The van der Waals surface area contributed by atoms with Crippen LogP contribution in [0, 0.1) is 6.92 Å². The van der Waals surface area contributed by atoms with Crippen LogP contribution in [0.5, 0.6) is 11.5 Å². The summed E-state index contributed by atoms with van der Waals surface area (Å²) < 4.78 is 16.2. The summed E-state index contributed by atoms with van der Waals surface area (Å²) in [5, 5.41) is 0.513. The van der Waals surface area contributed by atoms with Crippen LogP contribution in [0.1, 0.15) is 27.0 Å². The summed E-state index contributed by atoms with van der Waals surface area (Å²) in [5.74, 6) is -0.275. The molecule has 0 saturated carbocycles. The second-order valence-corrected chi connectivity index (χ2v) is 7.40. The maximum Gasteiger partial charge on any atom is 0.363 e. The van der Waals surface area contributed by atoms with Crippen LogP contribution in [-0.2, 0) is 9.53 Å². The van der Waals surface area contributed by atoms with Crippen LogP contribution < -0.4 is 9.47 Å². The molecule has 3 aromatic rings. The van der Waals surface area contributed by atoms with Gasteiger partial charge in [-0.2, -0.15) is 0 Å². The van der Waals surface area contributed by atoms with E-state index in [0.717, 1.165) is 5.56 Å². The van der Waals surface area contributed by atoms with Crippen molar-refractivity contribution in [1.29, 1.82) is 0 Å². The Morgan fingerprint density at radius 1 is 1.03 bits per heavy atom. The SMILES string of the molecule is COc1cc(/C=C2\N=C(c3cccc(Cl)c3)OC2=O)ccc1OC(=O)c1ccccc1C. The molecule has 0 aliphatic carbocycles. The maximum absolute atomic E-state index is 12.5. The minimum absolute atomic E-state index is 0.131. The number of nitrogens with zero attached hydrogens (tertiary/aromatic N) is 1. The van der Waals surface area contributed by atoms with Crippen molar-refractivity contribution in [2.45, 2.75) is 6.92 Å². The first-order valence-corrected chi connectivity index (χ1v) is 10.1. The van der Waals surface area contributed by atoms with Gasteiger partial charge in [-0.25, -0.2) is 14.6 Å². The molecule has 3 aromatic carbocycles. The summed E-state index contributed by atoms with van der Waals surface area (Å²) in [6, 6.07) is 19.0.